The van der Waals surface area contributed by atoms with E-state index in [-0.39, 0.29) is 61.3 Å². The summed E-state index contributed by atoms with van der Waals surface area (Å²) >= 11 is 0. The van der Waals surface area contributed by atoms with Gasteiger partial charge in [-0.25, -0.2) is 14.6 Å². The van der Waals surface area contributed by atoms with Gasteiger partial charge in [-0.05, 0) is 79.4 Å². The maximum Gasteiger partial charge on any atom is 0.363 e. The van der Waals surface area contributed by atoms with Gasteiger partial charge in [0.1, 0.15) is 30.8 Å². The molecule has 0 bridgehead atoms. The highest BCUT2D eigenvalue weighted by Crippen LogP contribution is 2.30. The molecule has 6 aromatic rings. The number of furan rings is 1. The number of imidazole rings is 1. The summed E-state index contributed by atoms with van der Waals surface area (Å²) in [5.41, 5.74) is 2.91. The molecule has 376 valence electrons. The van der Waals surface area contributed by atoms with E-state index in [1.54, 1.807) is 122 Å². The van der Waals surface area contributed by atoms with E-state index in [2.05, 4.69) is 20.9 Å². The quantitative estimate of drug-likeness (QED) is 0.0149. The topological polar surface area (TPSA) is 227 Å². The number of nitrogens with one attached hydrogen (secondary N) is 3. The summed E-state index contributed by atoms with van der Waals surface area (Å²) in [6, 6.07) is 29.9. The van der Waals surface area contributed by atoms with Crippen LogP contribution in [0.1, 0.15) is 102 Å². The first-order valence-electron chi connectivity index (χ1n) is 23.7. The van der Waals surface area contributed by atoms with Crippen LogP contribution >= 0.6 is 0 Å². The maximum absolute atomic E-state index is 13.8. The van der Waals surface area contributed by atoms with Gasteiger partial charge in [-0.15, -0.1) is 0 Å². The first kappa shape index (κ1) is 52.8. The Kier molecular flexibility index (Phi) is 19.8. The number of nitrogens with zero attached hydrogens (tertiary/aromatic N) is 3. The molecular weight excluding hydrogens is 925 g/mol. The summed E-state index contributed by atoms with van der Waals surface area (Å²) in [6.45, 7) is 5.28. The molecule has 0 radical (unpaired) electrons. The van der Waals surface area contributed by atoms with Gasteiger partial charge in [-0.1, -0.05) is 99.8 Å². The van der Waals surface area contributed by atoms with Gasteiger partial charge in [0.2, 0.25) is 12.3 Å². The molecule has 4 aromatic carbocycles. The Morgan fingerprint density at radius 2 is 1.50 bits per heavy atom. The normalized spacial score (nSPS) is 12.0. The molecule has 18 nitrogen and oxygen atoms in total. The van der Waals surface area contributed by atoms with Gasteiger partial charge in [0, 0.05) is 23.6 Å². The van der Waals surface area contributed by atoms with Crippen LogP contribution in [0, 0.1) is 5.92 Å². The molecule has 0 aliphatic rings. The molecular formula is C54H58N6O12. The highest BCUT2D eigenvalue weighted by atomic mass is 16.7. The molecule has 2 heterocycles. The van der Waals surface area contributed by atoms with E-state index >= 15 is 0 Å². The number of aromatic nitrogens is 2. The third-order valence-electron chi connectivity index (χ3n) is 11.4. The van der Waals surface area contributed by atoms with Crippen molar-refractivity contribution < 1.29 is 57.0 Å². The highest BCUT2D eigenvalue weighted by Gasteiger charge is 2.34. The van der Waals surface area contributed by atoms with Crippen LogP contribution in [0.3, 0.4) is 0 Å². The monoisotopic (exact) mass is 982 g/mol. The van der Waals surface area contributed by atoms with Crippen molar-refractivity contribution in [3.63, 3.8) is 0 Å². The number of benzene rings is 4. The first-order chi connectivity index (χ1) is 35.0. The molecule has 2 aromatic heterocycles. The van der Waals surface area contributed by atoms with E-state index in [4.69, 9.17) is 23.5 Å². The van der Waals surface area contributed by atoms with Gasteiger partial charge in [-0.3, -0.25) is 24.0 Å². The second-order valence-corrected chi connectivity index (χ2v) is 16.4. The van der Waals surface area contributed by atoms with Crippen molar-refractivity contribution in [2.75, 3.05) is 13.3 Å². The molecule has 2 unspecified atom stereocenters. The fourth-order valence-electron chi connectivity index (χ4n) is 7.66. The van der Waals surface area contributed by atoms with Crippen molar-refractivity contribution in [1.82, 2.24) is 30.6 Å². The van der Waals surface area contributed by atoms with Crippen molar-refractivity contribution in [1.29, 1.82) is 0 Å². The zero-order chi connectivity index (χ0) is 51.2. The SMILES string of the molecule is CCCCCC(C(=O)NCNC(=O)c1ccc(-c2ccc(C(=O)NC(CC(=O)OCc3ccccc3)C(=O)OCc3ccccc3)c(OCC)c2)o1)[C@@H](CC)N(C=O)OC(=O)c1ccc(-n2ccnc2)cc1. The Morgan fingerprint density at radius 1 is 0.792 bits per heavy atom. The molecule has 4 amide bonds. The van der Waals surface area contributed by atoms with Gasteiger partial charge in [0.25, 0.3) is 11.8 Å². The van der Waals surface area contributed by atoms with Crippen LogP contribution < -0.4 is 20.7 Å². The van der Waals surface area contributed by atoms with Gasteiger partial charge < -0.3 is 44.0 Å². The molecule has 0 saturated carbocycles. The number of rotatable bonds is 27. The minimum Gasteiger partial charge on any atom is -0.493 e. The number of ether oxygens (including phenoxy) is 3. The predicted molar refractivity (Wildman–Crippen MR) is 263 cm³/mol. The zero-order valence-electron chi connectivity index (χ0n) is 40.3. The fourth-order valence-corrected chi connectivity index (χ4v) is 7.66. The van der Waals surface area contributed by atoms with E-state index in [9.17, 15) is 33.6 Å². The Balaban J connectivity index is 1.08. The van der Waals surface area contributed by atoms with Crippen LogP contribution in [0.15, 0.2) is 138 Å². The predicted octanol–water partition coefficient (Wildman–Crippen LogP) is 7.52. The number of carbonyl (C=O) groups is 7. The third-order valence-corrected chi connectivity index (χ3v) is 11.4. The van der Waals surface area contributed by atoms with Crippen LogP contribution in [0.2, 0.25) is 0 Å². The number of hydroxylamine groups is 2. The summed E-state index contributed by atoms with van der Waals surface area (Å²) in [6.07, 6.45) is 7.92. The first-order valence-corrected chi connectivity index (χ1v) is 23.7. The number of hydrogen-bond donors (Lipinski definition) is 3. The lowest BCUT2D eigenvalue weighted by molar-refractivity contribution is -0.171. The van der Waals surface area contributed by atoms with Gasteiger partial charge in [0.05, 0.1) is 49.1 Å². The summed E-state index contributed by atoms with van der Waals surface area (Å²) in [7, 11) is 0. The smallest absolute Gasteiger partial charge is 0.363 e. The number of amides is 4. The second-order valence-electron chi connectivity index (χ2n) is 16.4. The van der Waals surface area contributed by atoms with Crippen molar-refractivity contribution in [3.05, 3.63) is 162 Å². The lowest BCUT2D eigenvalue weighted by Gasteiger charge is -2.31. The maximum atomic E-state index is 13.8. The molecule has 18 heteroatoms. The van der Waals surface area contributed by atoms with E-state index in [0.29, 0.717) is 30.4 Å². The summed E-state index contributed by atoms with van der Waals surface area (Å²) in [5, 5.41) is 8.86. The van der Waals surface area contributed by atoms with Gasteiger partial charge in [-0.2, -0.15) is 5.06 Å². The Labute approximate surface area is 416 Å². The minimum absolute atomic E-state index is 0.0304. The second kappa shape index (κ2) is 27.0. The number of unbranched alkanes of at least 4 members (excludes halogenated alkanes) is 2. The van der Waals surface area contributed by atoms with Crippen LogP contribution in [0.25, 0.3) is 17.0 Å². The van der Waals surface area contributed by atoms with Crippen molar-refractivity contribution in [2.24, 2.45) is 5.92 Å². The lowest BCUT2D eigenvalue weighted by atomic mass is 9.90. The molecule has 0 spiro atoms. The Bertz CT molecular complexity index is 2730. The van der Waals surface area contributed by atoms with Crippen LogP contribution in [-0.4, -0.2) is 82.0 Å². The molecule has 0 fully saturated rings. The fraction of sp³-hybridized carbons (Fsp3) is 0.296. The molecule has 6 rings (SSSR count). The number of esters is 2. The summed E-state index contributed by atoms with van der Waals surface area (Å²) < 4.78 is 24.4. The zero-order valence-corrected chi connectivity index (χ0v) is 40.3. The van der Waals surface area contributed by atoms with E-state index in [0.717, 1.165) is 29.2 Å². The van der Waals surface area contributed by atoms with Crippen molar-refractivity contribution >= 4 is 42.0 Å². The molecule has 0 aliphatic heterocycles. The number of carbonyl (C=O) groups excluding carboxylic acids is 7. The van der Waals surface area contributed by atoms with E-state index in [1.165, 1.54) is 18.2 Å². The van der Waals surface area contributed by atoms with Gasteiger partial charge in [0.15, 0.2) is 5.76 Å². The molecule has 72 heavy (non-hydrogen) atoms. The Hall–Kier alpha value is -8.54. The standard InChI is InChI=1S/C54H58N6O12/c1-4-7-10-19-42(45(5-2)60(36-61)72-53(66)39-20-23-41(24-21-39)59-29-28-55-35-59)50(63)56-34-57-52(65)47-27-26-46(71-47)40-22-25-43(48(30-40)68-6-3)51(64)58-44(54(67)70-33-38-17-13-9-14-18-38)31-49(62)69-32-37-15-11-8-12-16-37/h8-9,11-18,20-30,35-36,42,44-45H,4-7,10,19,31-34H2,1-3H3,(H,56,63)(H,57,65)(H,58,64)/t42?,44?,45-/m1/s1. The molecule has 0 aliphatic carbocycles. The van der Waals surface area contributed by atoms with Gasteiger partial charge >= 0.3 is 17.9 Å². The van der Waals surface area contributed by atoms with E-state index < -0.39 is 60.1 Å². The van der Waals surface area contributed by atoms with Crippen LogP contribution in [-0.2, 0) is 46.7 Å². The van der Waals surface area contributed by atoms with Crippen molar-refractivity contribution in [2.45, 2.75) is 84.6 Å². The largest absolute Gasteiger partial charge is 0.493 e. The highest BCUT2D eigenvalue weighted by molar-refractivity contribution is 6.00. The summed E-state index contributed by atoms with van der Waals surface area (Å²) in [4.78, 5) is 102. The third kappa shape index (κ3) is 15.0. The van der Waals surface area contributed by atoms with E-state index in [1.807, 2.05) is 19.1 Å². The molecule has 3 N–H and O–H groups in total. The average molecular weight is 983 g/mol. The summed E-state index contributed by atoms with van der Waals surface area (Å²) in [5.74, 6) is -4.68. The van der Waals surface area contributed by atoms with Crippen molar-refractivity contribution in [3.8, 4) is 22.8 Å². The number of hydrogen-bond acceptors (Lipinski definition) is 13. The van der Waals surface area contributed by atoms with Crippen LogP contribution in [0.4, 0.5) is 0 Å². The molecule has 3 atom stereocenters. The molecule has 0 saturated heterocycles. The van der Waals surface area contributed by atoms with Crippen LogP contribution in [0.5, 0.6) is 5.75 Å². The minimum atomic E-state index is -1.41. The Morgan fingerprint density at radius 3 is 2.14 bits per heavy atom. The average Bonchev–Trinajstić information content (AvgIpc) is 4.14. The lowest BCUT2D eigenvalue weighted by Crippen LogP contribution is -2.49.